The summed E-state index contributed by atoms with van der Waals surface area (Å²) in [5.74, 6) is 2.76. The Balaban J connectivity index is 1.55. The smallest absolute Gasteiger partial charge is 0.158 e. The molecule has 0 radical (unpaired) electrons. The number of aromatic nitrogens is 2. The van der Waals surface area contributed by atoms with E-state index in [2.05, 4.69) is 47.7 Å². The standard InChI is InChI=1S/C29H39N7/c1-19-22-8-3-4-9-25(22)33-20(2)32-13-10-23(19)28-34-26-11-12-31-18-24(21-6-5-7-21)27(26)29(35-28)36-16-14-30-15-17-36/h10-11,13,18-21,30,33H,3-9,12,14-17H2,1-2H3/b23-10+,32-13-. The van der Waals surface area contributed by atoms with Crippen molar-refractivity contribution in [3.8, 4) is 0 Å². The van der Waals surface area contributed by atoms with Crippen molar-refractivity contribution in [1.82, 2.24) is 20.6 Å². The maximum absolute atomic E-state index is 5.39. The summed E-state index contributed by atoms with van der Waals surface area (Å²) in [7, 11) is 0. The molecule has 0 aromatic carbocycles. The molecule has 7 heteroatoms. The Morgan fingerprint density at radius 1 is 1.00 bits per heavy atom. The minimum absolute atomic E-state index is 0.0744. The molecule has 0 spiro atoms. The Morgan fingerprint density at radius 2 is 1.83 bits per heavy atom. The molecule has 6 rings (SSSR count). The van der Waals surface area contributed by atoms with Gasteiger partial charge in [0.25, 0.3) is 0 Å². The van der Waals surface area contributed by atoms with Gasteiger partial charge in [0.1, 0.15) is 12.0 Å². The van der Waals surface area contributed by atoms with Gasteiger partial charge in [0, 0.05) is 61.0 Å². The minimum atomic E-state index is 0.0744. The topological polar surface area (TPSA) is 77.8 Å². The first-order valence-electron chi connectivity index (χ1n) is 14.0. The van der Waals surface area contributed by atoms with Crippen LogP contribution >= 0.6 is 0 Å². The number of hydrogen-bond acceptors (Lipinski definition) is 7. The van der Waals surface area contributed by atoms with E-state index in [4.69, 9.17) is 20.0 Å². The van der Waals surface area contributed by atoms with Crippen LogP contribution in [0.3, 0.4) is 0 Å². The number of rotatable bonds is 3. The zero-order chi connectivity index (χ0) is 24.5. The maximum Gasteiger partial charge on any atom is 0.158 e. The predicted octanol–water partition coefficient (Wildman–Crippen LogP) is 2.57. The van der Waals surface area contributed by atoms with Gasteiger partial charge in [-0.25, -0.2) is 9.97 Å². The van der Waals surface area contributed by atoms with E-state index in [1.807, 2.05) is 6.21 Å². The van der Waals surface area contributed by atoms with Crippen molar-refractivity contribution < 1.29 is 0 Å². The molecule has 1 saturated carbocycles. The van der Waals surface area contributed by atoms with Crippen LogP contribution in [-0.4, -0.2) is 61.3 Å². The Bertz CT molecular complexity index is 1240. The zero-order valence-corrected chi connectivity index (χ0v) is 21.8. The van der Waals surface area contributed by atoms with Crippen molar-refractivity contribution in [1.29, 1.82) is 0 Å². The summed E-state index contributed by atoms with van der Waals surface area (Å²) in [6.45, 7) is 9.03. The van der Waals surface area contributed by atoms with Gasteiger partial charge >= 0.3 is 0 Å². The second-order valence-electron chi connectivity index (χ2n) is 10.8. The number of aliphatic imine (C=N–C) groups is 2. The monoisotopic (exact) mass is 485 g/mol. The molecule has 5 aliphatic rings. The van der Waals surface area contributed by atoms with Crippen LogP contribution in [0.2, 0.25) is 0 Å². The van der Waals surface area contributed by atoms with Gasteiger partial charge in [-0.3, -0.25) is 9.98 Å². The number of allylic oxidation sites excluding steroid dienone is 4. The second kappa shape index (κ2) is 10.3. The predicted molar refractivity (Wildman–Crippen MR) is 149 cm³/mol. The molecule has 2 atom stereocenters. The van der Waals surface area contributed by atoms with E-state index in [1.54, 1.807) is 0 Å². The third-order valence-corrected chi connectivity index (χ3v) is 8.49. The van der Waals surface area contributed by atoms with Gasteiger partial charge in [-0.1, -0.05) is 13.3 Å². The highest BCUT2D eigenvalue weighted by molar-refractivity contribution is 6.04. The molecule has 1 saturated heterocycles. The highest BCUT2D eigenvalue weighted by atomic mass is 15.2. The SMILES string of the molecule is CC1/N=C\C=C(\c2nc(N3CCNCC3)c3c(n2)=CCN=CC=3C2CCC2)C(C)C2=C(CCCC2)N1. The molecule has 1 aromatic rings. The molecule has 4 heterocycles. The first kappa shape index (κ1) is 23.6. The first-order valence-corrected chi connectivity index (χ1v) is 14.0. The van der Waals surface area contributed by atoms with Crippen LogP contribution < -0.4 is 26.1 Å². The molecule has 190 valence electrons. The highest BCUT2D eigenvalue weighted by Gasteiger charge is 2.28. The lowest BCUT2D eigenvalue weighted by atomic mass is 9.79. The molecule has 2 fully saturated rings. The average Bonchev–Trinajstić information content (AvgIpc) is 3.04. The van der Waals surface area contributed by atoms with Crippen molar-refractivity contribution in [3.63, 3.8) is 0 Å². The van der Waals surface area contributed by atoms with Gasteiger partial charge in [0.2, 0.25) is 0 Å². The van der Waals surface area contributed by atoms with Gasteiger partial charge in [-0.15, -0.1) is 0 Å². The van der Waals surface area contributed by atoms with Crippen LogP contribution in [-0.2, 0) is 0 Å². The molecular formula is C29H39N7. The average molecular weight is 486 g/mol. The van der Waals surface area contributed by atoms with Gasteiger partial charge in [-0.05, 0) is 74.7 Å². The van der Waals surface area contributed by atoms with E-state index in [1.165, 1.54) is 59.7 Å². The number of piperazine rings is 1. The summed E-state index contributed by atoms with van der Waals surface area (Å²) >= 11 is 0. The fourth-order valence-electron chi connectivity index (χ4n) is 6.22. The normalized spacial score (nSPS) is 29.2. The number of fused-ring (bicyclic) bond motifs is 1. The molecule has 2 unspecified atom stereocenters. The summed E-state index contributed by atoms with van der Waals surface area (Å²) in [5.41, 5.74) is 5.40. The molecule has 0 bridgehead atoms. The van der Waals surface area contributed by atoms with Crippen molar-refractivity contribution >= 4 is 35.5 Å². The minimum Gasteiger partial charge on any atom is -0.367 e. The quantitative estimate of drug-likeness (QED) is 0.688. The Labute approximate surface area is 214 Å². The van der Waals surface area contributed by atoms with Crippen LogP contribution in [0.15, 0.2) is 27.3 Å². The molecule has 3 aliphatic heterocycles. The highest BCUT2D eigenvalue weighted by Crippen LogP contribution is 2.36. The summed E-state index contributed by atoms with van der Waals surface area (Å²) in [6.07, 6.45) is 17.0. The van der Waals surface area contributed by atoms with Crippen LogP contribution in [0.25, 0.3) is 17.2 Å². The van der Waals surface area contributed by atoms with E-state index in [9.17, 15) is 0 Å². The van der Waals surface area contributed by atoms with Crippen LogP contribution in [0.5, 0.6) is 0 Å². The lowest BCUT2D eigenvalue weighted by Crippen LogP contribution is -2.49. The fraction of sp³-hybridized carbons (Fsp3) is 0.586. The molecular weight excluding hydrogens is 446 g/mol. The number of nitrogens with one attached hydrogen (secondary N) is 2. The fourth-order valence-corrected chi connectivity index (χ4v) is 6.22. The van der Waals surface area contributed by atoms with Crippen molar-refractivity contribution in [2.75, 3.05) is 37.6 Å². The molecule has 2 aliphatic carbocycles. The van der Waals surface area contributed by atoms with E-state index >= 15 is 0 Å². The summed E-state index contributed by atoms with van der Waals surface area (Å²) < 4.78 is 0. The van der Waals surface area contributed by atoms with Gasteiger partial charge in [0.05, 0.1) is 11.9 Å². The maximum atomic E-state index is 5.39. The van der Waals surface area contributed by atoms with Crippen LogP contribution in [0.1, 0.15) is 64.6 Å². The summed E-state index contributed by atoms with van der Waals surface area (Å²) in [5, 5.41) is 9.47. The lowest BCUT2D eigenvalue weighted by Gasteiger charge is -2.32. The number of hydrogen-bond donors (Lipinski definition) is 2. The molecule has 2 N–H and O–H groups in total. The zero-order valence-electron chi connectivity index (χ0n) is 21.8. The van der Waals surface area contributed by atoms with E-state index in [0.29, 0.717) is 12.5 Å². The van der Waals surface area contributed by atoms with E-state index in [-0.39, 0.29) is 12.1 Å². The van der Waals surface area contributed by atoms with Crippen LogP contribution in [0, 0.1) is 11.8 Å². The van der Waals surface area contributed by atoms with Crippen molar-refractivity contribution in [3.05, 3.63) is 33.7 Å². The van der Waals surface area contributed by atoms with Gasteiger partial charge in [-0.2, -0.15) is 0 Å². The summed E-state index contributed by atoms with van der Waals surface area (Å²) in [6, 6.07) is 0. The van der Waals surface area contributed by atoms with Crippen LogP contribution in [0.4, 0.5) is 5.82 Å². The third kappa shape index (κ3) is 4.54. The third-order valence-electron chi connectivity index (χ3n) is 8.49. The van der Waals surface area contributed by atoms with Gasteiger partial charge < -0.3 is 15.5 Å². The number of anilines is 1. The van der Waals surface area contributed by atoms with Gasteiger partial charge in [0.15, 0.2) is 5.82 Å². The molecule has 0 amide bonds. The van der Waals surface area contributed by atoms with E-state index < -0.39 is 0 Å². The summed E-state index contributed by atoms with van der Waals surface area (Å²) in [4.78, 5) is 22.6. The van der Waals surface area contributed by atoms with Crippen molar-refractivity contribution in [2.24, 2.45) is 21.8 Å². The largest absolute Gasteiger partial charge is 0.367 e. The molecule has 7 nitrogen and oxygen atoms in total. The first-order chi connectivity index (χ1) is 17.7. The van der Waals surface area contributed by atoms with E-state index in [0.717, 1.165) is 56.0 Å². The molecule has 1 aromatic heterocycles. The second-order valence-corrected chi connectivity index (χ2v) is 10.8. The number of nitrogens with zero attached hydrogens (tertiary/aromatic N) is 5. The lowest BCUT2D eigenvalue weighted by molar-refractivity contribution is 0.403. The van der Waals surface area contributed by atoms with Crippen molar-refractivity contribution in [2.45, 2.75) is 65.0 Å². The Hall–Kier alpha value is -2.80. The Morgan fingerprint density at radius 3 is 2.64 bits per heavy atom. The molecule has 36 heavy (non-hydrogen) atoms. The Kier molecular flexibility index (Phi) is 6.74.